The van der Waals surface area contributed by atoms with Crippen LogP contribution in [0.2, 0.25) is 0 Å². The molecule has 2 fully saturated rings. The third-order valence-corrected chi connectivity index (χ3v) is 7.00. The standard InChI is InChI=1S/C27H31F/c1-2-3-22-8-13-26-19-25(15-14-24(26)18-22)23-11-6-20(7-12-23)4-5-21-9-16-27(28)17-10-21/h6-7,9-12,16-17,22,24-26H,2-3,8,13-15,18-19H2,1H3/t22?,24-,25-,26-/m1/s1. The molecule has 0 saturated heterocycles. The molecule has 2 saturated carbocycles. The van der Waals surface area contributed by atoms with Crippen LogP contribution in [-0.2, 0) is 0 Å². The molecular formula is C27H31F. The van der Waals surface area contributed by atoms with Crippen LogP contribution in [-0.4, -0.2) is 0 Å². The first-order valence-electron chi connectivity index (χ1n) is 11.1. The number of hydrogen-bond donors (Lipinski definition) is 0. The van der Waals surface area contributed by atoms with Gasteiger partial charge in [0.05, 0.1) is 0 Å². The average Bonchev–Trinajstić information content (AvgIpc) is 2.74. The first-order chi connectivity index (χ1) is 13.7. The molecule has 0 aliphatic heterocycles. The van der Waals surface area contributed by atoms with E-state index in [0.717, 1.165) is 34.8 Å². The van der Waals surface area contributed by atoms with Gasteiger partial charge in [0.2, 0.25) is 0 Å². The second kappa shape index (κ2) is 8.95. The maximum atomic E-state index is 13.0. The lowest BCUT2D eigenvalue weighted by molar-refractivity contribution is 0.114. The van der Waals surface area contributed by atoms with E-state index >= 15 is 0 Å². The molecule has 0 bridgehead atoms. The summed E-state index contributed by atoms with van der Waals surface area (Å²) in [5.41, 5.74) is 3.37. The third kappa shape index (κ3) is 4.67. The van der Waals surface area contributed by atoms with Crippen molar-refractivity contribution in [3.63, 3.8) is 0 Å². The van der Waals surface area contributed by atoms with E-state index in [-0.39, 0.29) is 5.82 Å². The molecule has 0 aromatic heterocycles. The highest BCUT2D eigenvalue weighted by molar-refractivity contribution is 5.43. The van der Waals surface area contributed by atoms with Crippen LogP contribution in [0.3, 0.4) is 0 Å². The van der Waals surface area contributed by atoms with E-state index in [2.05, 4.69) is 43.0 Å². The third-order valence-electron chi connectivity index (χ3n) is 7.00. The van der Waals surface area contributed by atoms with Gasteiger partial charge in [-0.05, 0) is 97.7 Å². The molecule has 4 atom stereocenters. The fraction of sp³-hybridized carbons (Fsp3) is 0.481. The summed E-state index contributed by atoms with van der Waals surface area (Å²) in [4.78, 5) is 0. The zero-order valence-electron chi connectivity index (χ0n) is 17.0. The van der Waals surface area contributed by atoms with Crippen LogP contribution in [0, 0.1) is 35.4 Å². The van der Waals surface area contributed by atoms with E-state index in [1.807, 2.05) is 0 Å². The molecule has 1 unspecified atom stereocenters. The van der Waals surface area contributed by atoms with Crippen LogP contribution in [0.5, 0.6) is 0 Å². The van der Waals surface area contributed by atoms with Crippen molar-refractivity contribution in [2.45, 2.75) is 64.2 Å². The number of benzene rings is 2. The molecule has 1 heteroatoms. The molecule has 2 aromatic rings. The van der Waals surface area contributed by atoms with Crippen LogP contribution in [0.15, 0.2) is 48.5 Å². The molecule has 2 aromatic carbocycles. The first-order valence-corrected chi connectivity index (χ1v) is 11.1. The van der Waals surface area contributed by atoms with Gasteiger partial charge in [0.15, 0.2) is 0 Å². The van der Waals surface area contributed by atoms with Gasteiger partial charge in [0.1, 0.15) is 5.82 Å². The van der Waals surface area contributed by atoms with E-state index in [1.165, 1.54) is 69.1 Å². The van der Waals surface area contributed by atoms with Crippen molar-refractivity contribution in [2.75, 3.05) is 0 Å². The Kier molecular flexibility index (Phi) is 6.16. The molecule has 28 heavy (non-hydrogen) atoms. The molecule has 146 valence electrons. The van der Waals surface area contributed by atoms with Crippen molar-refractivity contribution in [1.29, 1.82) is 0 Å². The number of fused-ring (bicyclic) bond motifs is 1. The van der Waals surface area contributed by atoms with Gasteiger partial charge in [0, 0.05) is 11.1 Å². The molecule has 0 amide bonds. The summed E-state index contributed by atoms with van der Waals surface area (Å²) in [7, 11) is 0. The Morgan fingerprint density at radius 2 is 1.39 bits per heavy atom. The largest absolute Gasteiger partial charge is 0.207 e. The van der Waals surface area contributed by atoms with Crippen molar-refractivity contribution in [2.24, 2.45) is 17.8 Å². The average molecular weight is 375 g/mol. The molecule has 2 aliphatic rings. The molecule has 0 nitrogen and oxygen atoms in total. The predicted octanol–water partition coefficient (Wildman–Crippen LogP) is 7.33. The van der Waals surface area contributed by atoms with E-state index in [9.17, 15) is 4.39 Å². The van der Waals surface area contributed by atoms with E-state index in [4.69, 9.17) is 0 Å². The summed E-state index contributed by atoms with van der Waals surface area (Å²) >= 11 is 0. The predicted molar refractivity (Wildman–Crippen MR) is 115 cm³/mol. The zero-order chi connectivity index (χ0) is 19.3. The first kappa shape index (κ1) is 19.3. The van der Waals surface area contributed by atoms with Gasteiger partial charge in [-0.25, -0.2) is 4.39 Å². The van der Waals surface area contributed by atoms with Gasteiger partial charge in [-0.3, -0.25) is 0 Å². The Hall–Kier alpha value is -2.07. The van der Waals surface area contributed by atoms with Crippen molar-refractivity contribution in [1.82, 2.24) is 0 Å². The topological polar surface area (TPSA) is 0 Å². The van der Waals surface area contributed by atoms with Crippen molar-refractivity contribution >= 4 is 0 Å². The Labute approximate surface area is 169 Å². The molecule has 0 radical (unpaired) electrons. The Morgan fingerprint density at radius 3 is 2.07 bits per heavy atom. The number of hydrogen-bond acceptors (Lipinski definition) is 0. The fourth-order valence-corrected chi connectivity index (χ4v) is 5.48. The highest BCUT2D eigenvalue weighted by atomic mass is 19.1. The van der Waals surface area contributed by atoms with Gasteiger partial charge in [0.25, 0.3) is 0 Å². The number of halogens is 1. The van der Waals surface area contributed by atoms with Gasteiger partial charge in [-0.15, -0.1) is 0 Å². The normalized spacial score (nSPS) is 26.8. The second-order valence-corrected chi connectivity index (χ2v) is 8.88. The lowest BCUT2D eigenvalue weighted by Crippen LogP contribution is -2.30. The van der Waals surface area contributed by atoms with E-state index in [0.29, 0.717) is 0 Å². The second-order valence-electron chi connectivity index (χ2n) is 8.88. The lowest BCUT2D eigenvalue weighted by atomic mass is 9.63. The van der Waals surface area contributed by atoms with Crippen LogP contribution in [0.4, 0.5) is 4.39 Å². The SMILES string of the molecule is CCCC1CC[C@@H]2C[C@H](c3ccc(C#Cc4ccc(F)cc4)cc3)CC[C@@H]2C1. The van der Waals surface area contributed by atoms with Gasteiger partial charge in [-0.2, -0.15) is 0 Å². The van der Waals surface area contributed by atoms with Crippen LogP contribution >= 0.6 is 0 Å². The summed E-state index contributed by atoms with van der Waals surface area (Å²) in [5.74, 6) is 9.77. The summed E-state index contributed by atoms with van der Waals surface area (Å²) in [6, 6.07) is 15.2. The molecule has 2 aliphatic carbocycles. The molecule has 0 N–H and O–H groups in total. The highest BCUT2D eigenvalue weighted by Crippen LogP contribution is 2.48. The smallest absolute Gasteiger partial charge is 0.123 e. The monoisotopic (exact) mass is 374 g/mol. The molecular weight excluding hydrogens is 343 g/mol. The summed E-state index contributed by atoms with van der Waals surface area (Å²) in [5, 5.41) is 0. The summed E-state index contributed by atoms with van der Waals surface area (Å²) < 4.78 is 13.0. The van der Waals surface area contributed by atoms with Crippen LogP contribution < -0.4 is 0 Å². The van der Waals surface area contributed by atoms with Gasteiger partial charge in [-0.1, -0.05) is 50.2 Å². The minimum Gasteiger partial charge on any atom is -0.207 e. The Bertz CT molecular complexity index is 821. The van der Waals surface area contributed by atoms with Crippen LogP contribution in [0.1, 0.15) is 80.9 Å². The maximum Gasteiger partial charge on any atom is 0.123 e. The van der Waals surface area contributed by atoms with Crippen molar-refractivity contribution in [3.05, 3.63) is 71.0 Å². The van der Waals surface area contributed by atoms with Crippen molar-refractivity contribution in [3.8, 4) is 11.8 Å². The van der Waals surface area contributed by atoms with Gasteiger partial charge < -0.3 is 0 Å². The Balaban J connectivity index is 1.37. The fourth-order valence-electron chi connectivity index (χ4n) is 5.48. The summed E-state index contributed by atoms with van der Waals surface area (Å²) in [6.45, 7) is 2.33. The zero-order valence-corrected chi connectivity index (χ0v) is 17.0. The highest BCUT2D eigenvalue weighted by Gasteiger charge is 2.35. The quantitative estimate of drug-likeness (QED) is 0.494. The lowest BCUT2D eigenvalue weighted by Gasteiger charge is -2.42. The van der Waals surface area contributed by atoms with Crippen LogP contribution in [0.25, 0.3) is 0 Å². The molecule has 0 spiro atoms. The minimum atomic E-state index is -0.219. The molecule has 0 heterocycles. The maximum absolute atomic E-state index is 13.0. The van der Waals surface area contributed by atoms with E-state index < -0.39 is 0 Å². The summed E-state index contributed by atoms with van der Waals surface area (Å²) in [6.07, 6.45) is 11.3. The molecule has 4 rings (SSSR count). The number of rotatable bonds is 3. The van der Waals surface area contributed by atoms with Crippen molar-refractivity contribution < 1.29 is 4.39 Å². The van der Waals surface area contributed by atoms with Gasteiger partial charge >= 0.3 is 0 Å². The van der Waals surface area contributed by atoms with E-state index in [1.54, 1.807) is 12.1 Å². The Morgan fingerprint density at radius 1 is 0.786 bits per heavy atom. The minimum absolute atomic E-state index is 0.219.